The highest BCUT2D eigenvalue weighted by Crippen LogP contribution is 2.09. The van der Waals surface area contributed by atoms with Gasteiger partial charge in [-0.3, -0.25) is 0 Å². The Labute approximate surface area is 78.2 Å². The van der Waals surface area contributed by atoms with E-state index < -0.39 is 0 Å². The Morgan fingerprint density at radius 2 is 2.08 bits per heavy atom. The number of nitrogens with two attached hydrogens (primary N) is 1. The highest BCUT2D eigenvalue weighted by molar-refractivity contribution is 5.85. The first-order valence-corrected chi connectivity index (χ1v) is 3.69. The summed E-state index contributed by atoms with van der Waals surface area (Å²) in [5, 5.41) is 0. The summed E-state index contributed by atoms with van der Waals surface area (Å²) >= 11 is 0. The van der Waals surface area contributed by atoms with Gasteiger partial charge in [0.05, 0.1) is 0 Å². The fourth-order valence-corrected chi connectivity index (χ4v) is 1.05. The van der Waals surface area contributed by atoms with Crippen LogP contribution in [0.2, 0.25) is 0 Å². The fourth-order valence-electron chi connectivity index (χ4n) is 1.05. The largest absolute Gasteiger partial charge is 0.330 e. The number of rotatable bonds is 2. The Hall–Kier alpha value is -0.600. The summed E-state index contributed by atoms with van der Waals surface area (Å²) in [6.45, 7) is 2.44. The lowest BCUT2D eigenvalue weighted by molar-refractivity contribution is 0.609. The van der Waals surface area contributed by atoms with Gasteiger partial charge in [-0.15, -0.1) is 12.4 Å². The Balaban J connectivity index is 0.00000121. The minimum Gasteiger partial charge on any atom is -0.330 e. The van der Waals surface area contributed by atoms with Crippen LogP contribution in [0.15, 0.2) is 18.2 Å². The van der Waals surface area contributed by atoms with E-state index in [0.29, 0.717) is 18.5 Å². The van der Waals surface area contributed by atoms with Gasteiger partial charge in [0.25, 0.3) is 0 Å². The van der Waals surface area contributed by atoms with Crippen molar-refractivity contribution < 1.29 is 4.39 Å². The molecule has 0 aromatic heterocycles. The summed E-state index contributed by atoms with van der Waals surface area (Å²) < 4.78 is 12.9. The summed E-state index contributed by atoms with van der Waals surface area (Å²) in [5.74, 6) is -0.152. The second-order valence-electron chi connectivity index (χ2n) is 2.63. The summed E-state index contributed by atoms with van der Waals surface area (Å²) in [6, 6.07) is 5.08. The normalized spacial score (nSPS) is 9.25. The summed E-state index contributed by atoms with van der Waals surface area (Å²) in [7, 11) is 0. The highest BCUT2D eigenvalue weighted by Gasteiger charge is 1.99. The molecule has 3 heteroatoms. The zero-order chi connectivity index (χ0) is 8.27. The van der Waals surface area contributed by atoms with E-state index in [1.807, 2.05) is 13.0 Å². The summed E-state index contributed by atoms with van der Waals surface area (Å²) in [5.41, 5.74) is 7.11. The van der Waals surface area contributed by atoms with E-state index in [4.69, 9.17) is 5.73 Å². The van der Waals surface area contributed by atoms with Crippen LogP contribution in [0.1, 0.15) is 11.1 Å². The van der Waals surface area contributed by atoms with Crippen molar-refractivity contribution >= 4 is 12.4 Å². The van der Waals surface area contributed by atoms with Crippen LogP contribution in [0.3, 0.4) is 0 Å². The van der Waals surface area contributed by atoms with Crippen molar-refractivity contribution in [3.8, 4) is 0 Å². The molecule has 2 N–H and O–H groups in total. The fraction of sp³-hybridized carbons (Fsp3) is 0.333. The first-order valence-electron chi connectivity index (χ1n) is 3.69. The van der Waals surface area contributed by atoms with E-state index in [9.17, 15) is 4.39 Å². The molecule has 0 spiro atoms. The lowest BCUT2D eigenvalue weighted by Crippen LogP contribution is -2.04. The van der Waals surface area contributed by atoms with Crippen molar-refractivity contribution in [3.05, 3.63) is 35.1 Å². The molecule has 0 unspecified atom stereocenters. The van der Waals surface area contributed by atoms with Gasteiger partial charge in [-0.2, -0.15) is 0 Å². The highest BCUT2D eigenvalue weighted by atomic mass is 35.5. The molecule has 0 radical (unpaired) electrons. The standard InChI is InChI=1S/C9H12FN.ClH/c1-7-2-3-9(10)8(6-7)4-5-11;/h2-3,6H,4-5,11H2,1H3;1H. The second-order valence-corrected chi connectivity index (χ2v) is 2.63. The third-order valence-electron chi connectivity index (χ3n) is 1.61. The SMILES string of the molecule is Cc1ccc(F)c(CCN)c1.Cl. The van der Waals surface area contributed by atoms with Crippen molar-refractivity contribution in [2.75, 3.05) is 6.54 Å². The molecule has 0 amide bonds. The number of benzene rings is 1. The van der Waals surface area contributed by atoms with Crippen molar-refractivity contribution in [1.82, 2.24) is 0 Å². The second kappa shape index (κ2) is 5.12. The van der Waals surface area contributed by atoms with Crippen molar-refractivity contribution in [1.29, 1.82) is 0 Å². The van der Waals surface area contributed by atoms with Crippen LogP contribution in [0.4, 0.5) is 4.39 Å². The van der Waals surface area contributed by atoms with Crippen LogP contribution >= 0.6 is 12.4 Å². The molecule has 1 nitrogen and oxygen atoms in total. The molecule has 0 aliphatic carbocycles. The zero-order valence-corrected chi connectivity index (χ0v) is 7.83. The summed E-state index contributed by atoms with van der Waals surface area (Å²) in [6.07, 6.45) is 0.619. The number of halogens is 2. The number of hydrogen-bond acceptors (Lipinski definition) is 1. The lowest BCUT2D eigenvalue weighted by Gasteiger charge is -2.01. The average molecular weight is 190 g/mol. The van der Waals surface area contributed by atoms with E-state index in [1.54, 1.807) is 6.07 Å². The number of aryl methyl sites for hydroxylation is 1. The molecule has 0 aliphatic heterocycles. The Morgan fingerprint density at radius 3 is 2.67 bits per heavy atom. The third-order valence-corrected chi connectivity index (χ3v) is 1.61. The maximum atomic E-state index is 12.9. The molecule has 1 aromatic rings. The first-order chi connectivity index (χ1) is 5.24. The molecule has 0 saturated heterocycles. The molecule has 0 aliphatic rings. The van der Waals surface area contributed by atoms with E-state index in [0.717, 1.165) is 5.56 Å². The molecule has 68 valence electrons. The van der Waals surface area contributed by atoms with Gasteiger partial charge in [0, 0.05) is 0 Å². The minimum atomic E-state index is -0.152. The van der Waals surface area contributed by atoms with Crippen molar-refractivity contribution in [3.63, 3.8) is 0 Å². The average Bonchev–Trinajstić information content (AvgIpc) is 1.98. The Morgan fingerprint density at radius 1 is 1.42 bits per heavy atom. The van der Waals surface area contributed by atoms with Crippen LogP contribution in [0.5, 0.6) is 0 Å². The number of hydrogen-bond donors (Lipinski definition) is 1. The molecular formula is C9H13ClFN. The van der Waals surface area contributed by atoms with Gasteiger partial charge in [0.1, 0.15) is 5.82 Å². The third kappa shape index (κ3) is 2.80. The van der Waals surface area contributed by atoms with Gasteiger partial charge >= 0.3 is 0 Å². The van der Waals surface area contributed by atoms with E-state index in [1.165, 1.54) is 6.07 Å². The lowest BCUT2D eigenvalue weighted by atomic mass is 10.1. The van der Waals surface area contributed by atoms with E-state index >= 15 is 0 Å². The Kier molecular flexibility index (Phi) is 4.86. The summed E-state index contributed by atoms with van der Waals surface area (Å²) in [4.78, 5) is 0. The van der Waals surface area contributed by atoms with Crippen LogP contribution < -0.4 is 5.73 Å². The zero-order valence-electron chi connectivity index (χ0n) is 7.01. The maximum Gasteiger partial charge on any atom is 0.126 e. The van der Waals surface area contributed by atoms with E-state index in [2.05, 4.69) is 0 Å². The molecule has 1 aromatic carbocycles. The molecular weight excluding hydrogens is 177 g/mol. The van der Waals surface area contributed by atoms with Gasteiger partial charge in [-0.1, -0.05) is 17.7 Å². The van der Waals surface area contributed by atoms with Crippen LogP contribution in [-0.4, -0.2) is 6.54 Å². The monoisotopic (exact) mass is 189 g/mol. The molecule has 0 fully saturated rings. The van der Waals surface area contributed by atoms with Crippen LogP contribution in [-0.2, 0) is 6.42 Å². The smallest absolute Gasteiger partial charge is 0.126 e. The topological polar surface area (TPSA) is 26.0 Å². The minimum absolute atomic E-state index is 0. The molecule has 12 heavy (non-hydrogen) atoms. The molecule has 0 bridgehead atoms. The molecule has 1 rings (SSSR count). The molecule has 0 atom stereocenters. The van der Waals surface area contributed by atoms with Gasteiger partial charge in [0.2, 0.25) is 0 Å². The van der Waals surface area contributed by atoms with Gasteiger partial charge in [-0.25, -0.2) is 4.39 Å². The van der Waals surface area contributed by atoms with E-state index in [-0.39, 0.29) is 18.2 Å². The van der Waals surface area contributed by atoms with Crippen LogP contribution in [0.25, 0.3) is 0 Å². The van der Waals surface area contributed by atoms with Crippen molar-refractivity contribution in [2.24, 2.45) is 5.73 Å². The molecule has 0 heterocycles. The van der Waals surface area contributed by atoms with Gasteiger partial charge in [-0.05, 0) is 31.5 Å². The predicted octanol–water partition coefficient (Wildman–Crippen LogP) is 2.06. The van der Waals surface area contributed by atoms with Crippen LogP contribution in [0, 0.1) is 12.7 Å². The quantitative estimate of drug-likeness (QED) is 0.758. The van der Waals surface area contributed by atoms with Gasteiger partial charge < -0.3 is 5.73 Å². The predicted molar refractivity (Wildman–Crippen MR) is 51.1 cm³/mol. The van der Waals surface area contributed by atoms with Crippen molar-refractivity contribution in [2.45, 2.75) is 13.3 Å². The van der Waals surface area contributed by atoms with Gasteiger partial charge in [0.15, 0.2) is 0 Å². The first kappa shape index (κ1) is 11.4. The molecule has 0 saturated carbocycles. The Bertz CT molecular complexity index is 250. The maximum absolute atomic E-state index is 12.9.